The van der Waals surface area contributed by atoms with Crippen molar-refractivity contribution in [2.45, 2.75) is 26.3 Å². The maximum Gasteiger partial charge on any atom is 0.110 e. The molecule has 0 aliphatic carbocycles. The summed E-state index contributed by atoms with van der Waals surface area (Å²) < 4.78 is 2.27. The molecule has 2 aromatic heterocycles. The van der Waals surface area contributed by atoms with E-state index in [2.05, 4.69) is 34.7 Å². The average Bonchev–Trinajstić information content (AvgIpc) is 2.84. The molecular formula is C16H18N4. The molecule has 102 valence electrons. The van der Waals surface area contributed by atoms with Crippen LogP contribution in [0.1, 0.15) is 18.3 Å². The van der Waals surface area contributed by atoms with E-state index in [-0.39, 0.29) is 0 Å². The summed E-state index contributed by atoms with van der Waals surface area (Å²) in [6.45, 7) is 3.08. The summed E-state index contributed by atoms with van der Waals surface area (Å²) in [5.74, 6) is 1.11. The molecule has 0 aliphatic rings. The zero-order valence-corrected chi connectivity index (χ0v) is 11.6. The van der Waals surface area contributed by atoms with Crippen LogP contribution in [0.25, 0.3) is 11.0 Å². The third-order valence-corrected chi connectivity index (χ3v) is 3.61. The van der Waals surface area contributed by atoms with Crippen molar-refractivity contribution in [1.82, 2.24) is 14.5 Å². The number of hydrogen-bond acceptors (Lipinski definition) is 3. The van der Waals surface area contributed by atoms with Gasteiger partial charge in [-0.1, -0.05) is 12.1 Å². The molecular weight excluding hydrogens is 248 g/mol. The highest BCUT2D eigenvalue weighted by Crippen LogP contribution is 2.18. The number of aryl methyl sites for hydroxylation is 3. The SMILES string of the molecule is CCn1c(CCc2cnccc2N)nc2ccccc21. The summed E-state index contributed by atoms with van der Waals surface area (Å²) in [4.78, 5) is 8.87. The first kappa shape index (κ1) is 12.7. The summed E-state index contributed by atoms with van der Waals surface area (Å²) in [6.07, 6.45) is 5.30. The van der Waals surface area contributed by atoms with Crippen molar-refractivity contribution in [3.8, 4) is 0 Å². The lowest BCUT2D eigenvalue weighted by Crippen LogP contribution is -2.05. The zero-order valence-electron chi connectivity index (χ0n) is 11.6. The minimum atomic E-state index is 0.805. The maximum atomic E-state index is 5.96. The number of nitrogens with zero attached hydrogens (tertiary/aromatic N) is 3. The van der Waals surface area contributed by atoms with Crippen molar-refractivity contribution < 1.29 is 0 Å². The first-order valence-corrected chi connectivity index (χ1v) is 6.92. The molecule has 0 saturated heterocycles. The average molecular weight is 266 g/mol. The van der Waals surface area contributed by atoms with Crippen LogP contribution in [0.4, 0.5) is 5.69 Å². The smallest absolute Gasteiger partial charge is 0.110 e. The first-order chi connectivity index (χ1) is 9.79. The Morgan fingerprint density at radius 2 is 2.00 bits per heavy atom. The van der Waals surface area contributed by atoms with Gasteiger partial charge in [-0.15, -0.1) is 0 Å². The van der Waals surface area contributed by atoms with Crippen LogP contribution in [0.2, 0.25) is 0 Å². The van der Waals surface area contributed by atoms with Crippen LogP contribution >= 0.6 is 0 Å². The molecule has 0 bridgehead atoms. The van der Waals surface area contributed by atoms with Gasteiger partial charge in [-0.05, 0) is 37.1 Å². The fourth-order valence-electron chi connectivity index (χ4n) is 2.56. The lowest BCUT2D eigenvalue weighted by atomic mass is 10.1. The molecule has 0 spiro atoms. The Labute approximate surface area is 118 Å². The molecule has 20 heavy (non-hydrogen) atoms. The Hall–Kier alpha value is -2.36. The number of imidazole rings is 1. The first-order valence-electron chi connectivity index (χ1n) is 6.92. The molecule has 3 aromatic rings. The number of anilines is 1. The van der Waals surface area contributed by atoms with Gasteiger partial charge in [-0.3, -0.25) is 4.98 Å². The molecule has 2 heterocycles. The van der Waals surface area contributed by atoms with E-state index < -0.39 is 0 Å². The summed E-state index contributed by atoms with van der Waals surface area (Å²) in [5, 5.41) is 0. The Bertz CT molecular complexity index is 730. The topological polar surface area (TPSA) is 56.7 Å². The fraction of sp³-hybridized carbons (Fsp3) is 0.250. The second-order valence-electron chi connectivity index (χ2n) is 4.84. The van der Waals surface area contributed by atoms with Crippen LogP contribution in [0.3, 0.4) is 0 Å². The molecule has 0 saturated carbocycles. The van der Waals surface area contributed by atoms with Gasteiger partial charge in [0, 0.05) is 31.0 Å². The largest absolute Gasteiger partial charge is 0.398 e. The summed E-state index contributed by atoms with van der Waals surface area (Å²) in [5.41, 5.74) is 10.1. The molecule has 0 unspecified atom stereocenters. The van der Waals surface area contributed by atoms with Gasteiger partial charge in [0.25, 0.3) is 0 Å². The van der Waals surface area contributed by atoms with Crippen molar-refractivity contribution in [2.24, 2.45) is 0 Å². The summed E-state index contributed by atoms with van der Waals surface area (Å²) in [7, 11) is 0. The lowest BCUT2D eigenvalue weighted by Gasteiger charge is -2.07. The van der Waals surface area contributed by atoms with Crippen molar-refractivity contribution in [1.29, 1.82) is 0 Å². The molecule has 0 fully saturated rings. The van der Waals surface area contributed by atoms with E-state index in [1.807, 2.05) is 18.3 Å². The van der Waals surface area contributed by atoms with E-state index in [4.69, 9.17) is 10.7 Å². The predicted molar refractivity (Wildman–Crippen MR) is 81.5 cm³/mol. The summed E-state index contributed by atoms with van der Waals surface area (Å²) >= 11 is 0. The van der Waals surface area contributed by atoms with Crippen LogP contribution in [0, 0.1) is 0 Å². The van der Waals surface area contributed by atoms with E-state index >= 15 is 0 Å². The van der Waals surface area contributed by atoms with E-state index in [1.165, 1.54) is 5.52 Å². The second-order valence-corrected chi connectivity index (χ2v) is 4.84. The van der Waals surface area contributed by atoms with Crippen LogP contribution < -0.4 is 5.73 Å². The van der Waals surface area contributed by atoms with Crippen molar-refractivity contribution in [3.05, 3.63) is 54.1 Å². The number of rotatable bonds is 4. The molecule has 4 heteroatoms. The minimum Gasteiger partial charge on any atom is -0.398 e. The van der Waals surface area contributed by atoms with E-state index in [0.717, 1.165) is 42.0 Å². The van der Waals surface area contributed by atoms with Crippen LogP contribution in [-0.4, -0.2) is 14.5 Å². The Morgan fingerprint density at radius 1 is 1.15 bits per heavy atom. The van der Waals surface area contributed by atoms with Crippen LogP contribution in [0.5, 0.6) is 0 Å². The Kier molecular flexibility index (Phi) is 3.37. The van der Waals surface area contributed by atoms with Crippen LogP contribution in [-0.2, 0) is 19.4 Å². The minimum absolute atomic E-state index is 0.805. The molecule has 0 atom stereocenters. The Morgan fingerprint density at radius 3 is 2.80 bits per heavy atom. The number of fused-ring (bicyclic) bond motifs is 1. The van der Waals surface area contributed by atoms with Crippen molar-refractivity contribution in [2.75, 3.05) is 5.73 Å². The van der Waals surface area contributed by atoms with Gasteiger partial charge < -0.3 is 10.3 Å². The van der Waals surface area contributed by atoms with Crippen molar-refractivity contribution >= 4 is 16.7 Å². The number of pyridine rings is 1. The quantitative estimate of drug-likeness (QED) is 0.790. The van der Waals surface area contributed by atoms with Crippen LogP contribution in [0.15, 0.2) is 42.7 Å². The number of para-hydroxylation sites is 2. The molecule has 1 aromatic carbocycles. The molecule has 2 N–H and O–H groups in total. The molecule has 0 amide bonds. The van der Waals surface area contributed by atoms with Gasteiger partial charge in [0.2, 0.25) is 0 Å². The van der Waals surface area contributed by atoms with Gasteiger partial charge in [-0.25, -0.2) is 4.98 Å². The highest BCUT2D eigenvalue weighted by molar-refractivity contribution is 5.75. The highest BCUT2D eigenvalue weighted by atomic mass is 15.1. The van der Waals surface area contributed by atoms with E-state index in [9.17, 15) is 0 Å². The molecule has 4 nitrogen and oxygen atoms in total. The monoisotopic (exact) mass is 266 g/mol. The number of hydrogen-bond donors (Lipinski definition) is 1. The van der Waals surface area contributed by atoms with Gasteiger partial charge in [-0.2, -0.15) is 0 Å². The van der Waals surface area contributed by atoms with Crippen molar-refractivity contribution in [3.63, 3.8) is 0 Å². The second kappa shape index (κ2) is 5.33. The number of aromatic nitrogens is 3. The third kappa shape index (κ3) is 2.25. The third-order valence-electron chi connectivity index (χ3n) is 3.61. The fourth-order valence-corrected chi connectivity index (χ4v) is 2.56. The highest BCUT2D eigenvalue weighted by Gasteiger charge is 2.09. The Balaban J connectivity index is 1.89. The van der Waals surface area contributed by atoms with Gasteiger partial charge in [0.1, 0.15) is 5.82 Å². The number of benzene rings is 1. The normalized spacial score (nSPS) is 11.1. The molecule has 0 aliphatic heterocycles. The standard InChI is InChI=1S/C16H18N4/c1-2-20-15-6-4-3-5-14(15)19-16(20)8-7-12-11-18-10-9-13(12)17/h3-6,9-11H,2,7-8H2,1H3,(H2,17,18). The van der Waals surface area contributed by atoms with Gasteiger partial charge in [0.05, 0.1) is 11.0 Å². The van der Waals surface area contributed by atoms with E-state index in [1.54, 1.807) is 6.20 Å². The maximum absolute atomic E-state index is 5.96. The lowest BCUT2D eigenvalue weighted by molar-refractivity contribution is 0.707. The van der Waals surface area contributed by atoms with Gasteiger partial charge >= 0.3 is 0 Å². The van der Waals surface area contributed by atoms with Gasteiger partial charge in [0.15, 0.2) is 0 Å². The molecule has 0 radical (unpaired) electrons. The predicted octanol–water partition coefficient (Wildman–Crippen LogP) is 2.82. The van der Waals surface area contributed by atoms with E-state index in [0.29, 0.717) is 0 Å². The summed E-state index contributed by atoms with van der Waals surface area (Å²) in [6, 6.07) is 10.1. The number of nitrogens with two attached hydrogens (primary N) is 1. The zero-order chi connectivity index (χ0) is 13.9. The molecule has 3 rings (SSSR count). The number of nitrogen functional groups attached to an aromatic ring is 1.